The molecule has 1 N–H and O–H groups in total. The highest BCUT2D eigenvalue weighted by Crippen LogP contribution is 2.21. The summed E-state index contributed by atoms with van der Waals surface area (Å²) in [5, 5.41) is 3.92. The summed E-state index contributed by atoms with van der Waals surface area (Å²) in [6.07, 6.45) is 3.22. The van der Waals surface area contributed by atoms with Gasteiger partial charge in [0.05, 0.1) is 18.2 Å². The fourth-order valence-corrected chi connectivity index (χ4v) is 4.36. The molecule has 1 aliphatic heterocycles. The van der Waals surface area contributed by atoms with Gasteiger partial charge in [0.2, 0.25) is 10.0 Å². The third-order valence-electron chi connectivity index (χ3n) is 4.29. The molecule has 0 radical (unpaired) electrons. The third kappa shape index (κ3) is 4.53. The highest BCUT2D eigenvalue weighted by Gasteiger charge is 2.27. The van der Waals surface area contributed by atoms with Crippen LogP contribution < -0.4 is 10.2 Å². The number of methoxy groups -OCH3 is 1. The van der Waals surface area contributed by atoms with Crippen molar-refractivity contribution in [1.82, 2.24) is 9.73 Å². The zero-order valence-electron chi connectivity index (χ0n) is 15.0. The van der Waals surface area contributed by atoms with Crippen LogP contribution in [0.5, 0.6) is 5.75 Å². The first-order valence-corrected chi connectivity index (χ1v) is 10.0. The van der Waals surface area contributed by atoms with Crippen molar-refractivity contribution < 1.29 is 17.9 Å². The lowest BCUT2D eigenvalue weighted by Crippen LogP contribution is -2.28. The predicted molar refractivity (Wildman–Crippen MR) is 102 cm³/mol. The Bertz CT molecular complexity index is 934. The molecule has 0 bridgehead atoms. The van der Waals surface area contributed by atoms with Gasteiger partial charge in [-0.05, 0) is 60.9 Å². The number of hydrazone groups is 1. The van der Waals surface area contributed by atoms with Crippen LogP contribution in [0, 0.1) is 0 Å². The Morgan fingerprint density at radius 3 is 2.52 bits per heavy atom. The number of carbonyl (C=O) groups is 1. The van der Waals surface area contributed by atoms with Crippen molar-refractivity contribution in [1.29, 1.82) is 0 Å². The van der Waals surface area contributed by atoms with Crippen molar-refractivity contribution in [2.24, 2.45) is 5.10 Å². The summed E-state index contributed by atoms with van der Waals surface area (Å²) in [6.45, 7) is 1.04. The number of ether oxygens (including phenoxy) is 1. The van der Waals surface area contributed by atoms with Gasteiger partial charge in [-0.3, -0.25) is 4.79 Å². The SMILES string of the molecule is COc1ccc(/C=N\NC(=O)c2cccc(S(=O)(=O)N3CCCC3)c2)cc1. The predicted octanol–water partition coefficient (Wildman–Crippen LogP) is 2.24. The van der Waals surface area contributed by atoms with Crippen molar-refractivity contribution in [2.45, 2.75) is 17.7 Å². The third-order valence-corrected chi connectivity index (χ3v) is 6.19. The maximum absolute atomic E-state index is 12.6. The fourth-order valence-electron chi connectivity index (χ4n) is 2.80. The van der Waals surface area contributed by atoms with E-state index in [1.807, 2.05) is 0 Å². The first-order valence-electron chi connectivity index (χ1n) is 8.58. The Morgan fingerprint density at radius 2 is 1.85 bits per heavy atom. The van der Waals surface area contributed by atoms with Gasteiger partial charge in [-0.2, -0.15) is 9.41 Å². The number of rotatable bonds is 6. The van der Waals surface area contributed by atoms with E-state index in [0.29, 0.717) is 13.1 Å². The van der Waals surface area contributed by atoms with Crippen LogP contribution in [0.1, 0.15) is 28.8 Å². The second-order valence-electron chi connectivity index (χ2n) is 6.11. The first kappa shape index (κ1) is 19.1. The number of sulfonamides is 1. The minimum Gasteiger partial charge on any atom is -0.497 e. The Balaban J connectivity index is 1.68. The summed E-state index contributed by atoms with van der Waals surface area (Å²) in [7, 11) is -1.98. The van der Waals surface area contributed by atoms with Gasteiger partial charge in [-0.1, -0.05) is 6.07 Å². The van der Waals surface area contributed by atoms with Crippen LogP contribution in [0.15, 0.2) is 58.5 Å². The molecular weight excluding hydrogens is 366 g/mol. The molecule has 0 atom stereocenters. The van der Waals surface area contributed by atoms with Crippen LogP contribution >= 0.6 is 0 Å². The molecule has 0 unspecified atom stereocenters. The minimum absolute atomic E-state index is 0.121. The number of nitrogens with one attached hydrogen (secondary N) is 1. The molecule has 1 heterocycles. The van der Waals surface area contributed by atoms with Gasteiger partial charge < -0.3 is 4.74 Å². The number of benzene rings is 2. The molecule has 142 valence electrons. The van der Waals surface area contributed by atoms with Crippen molar-refractivity contribution >= 4 is 22.1 Å². The average molecular weight is 387 g/mol. The summed E-state index contributed by atoms with van der Waals surface area (Å²) in [4.78, 5) is 12.4. The van der Waals surface area contributed by atoms with Gasteiger partial charge in [0.1, 0.15) is 5.75 Å². The highest BCUT2D eigenvalue weighted by molar-refractivity contribution is 7.89. The maximum Gasteiger partial charge on any atom is 0.271 e. The number of nitrogens with zero attached hydrogens (tertiary/aromatic N) is 2. The molecule has 7 nitrogen and oxygen atoms in total. The molecule has 27 heavy (non-hydrogen) atoms. The Morgan fingerprint density at radius 1 is 1.15 bits per heavy atom. The van der Waals surface area contributed by atoms with Gasteiger partial charge in [-0.25, -0.2) is 13.8 Å². The quantitative estimate of drug-likeness (QED) is 0.608. The topological polar surface area (TPSA) is 88.1 Å². The molecule has 2 aromatic rings. The number of amides is 1. The van der Waals surface area contributed by atoms with E-state index in [4.69, 9.17) is 4.74 Å². The molecule has 0 saturated carbocycles. The van der Waals surface area contributed by atoms with Crippen LogP contribution in [0.3, 0.4) is 0 Å². The molecular formula is C19H21N3O4S. The molecule has 1 saturated heterocycles. The summed E-state index contributed by atoms with van der Waals surface area (Å²) >= 11 is 0. The Kier molecular flexibility index (Phi) is 5.88. The van der Waals surface area contributed by atoms with Crippen LogP contribution in [0.2, 0.25) is 0 Å². The zero-order chi connectivity index (χ0) is 19.3. The second kappa shape index (κ2) is 8.32. The minimum atomic E-state index is -3.56. The van der Waals surface area contributed by atoms with Gasteiger partial charge in [0.25, 0.3) is 5.91 Å². The van der Waals surface area contributed by atoms with E-state index in [2.05, 4.69) is 10.5 Å². The van der Waals surface area contributed by atoms with Crippen molar-refractivity contribution in [3.8, 4) is 5.75 Å². The Hall–Kier alpha value is -2.71. The number of hydrogen-bond acceptors (Lipinski definition) is 5. The smallest absolute Gasteiger partial charge is 0.271 e. The molecule has 2 aromatic carbocycles. The van der Waals surface area contributed by atoms with E-state index >= 15 is 0 Å². The van der Waals surface area contributed by atoms with Gasteiger partial charge in [0, 0.05) is 18.7 Å². The standard InChI is InChI=1S/C19H21N3O4S/c1-26-17-9-7-15(8-10-17)14-20-21-19(23)16-5-4-6-18(13-16)27(24,25)22-11-2-3-12-22/h4-10,13-14H,2-3,11-12H2,1H3,(H,21,23)/b20-14-. The van der Waals surface area contributed by atoms with E-state index in [1.54, 1.807) is 43.5 Å². The van der Waals surface area contributed by atoms with E-state index in [9.17, 15) is 13.2 Å². The Labute approximate surface area is 158 Å². The monoisotopic (exact) mass is 387 g/mol. The molecule has 1 fully saturated rings. The van der Waals surface area contributed by atoms with Gasteiger partial charge >= 0.3 is 0 Å². The number of carbonyl (C=O) groups excluding carboxylic acids is 1. The van der Waals surface area contributed by atoms with E-state index < -0.39 is 15.9 Å². The molecule has 0 aliphatic carbocycles. The summed E-state index contributed by atoms with van der Waals surface area (Å²) < 4.78 is 31.8. The molecule has 1 amide bonds. The number of hydrogen-bond donors (Lipinski definition) is 1. The molecule has 0 spiro atoms. The average Bonchev–Trinajstić information content (AvgIpc) is 3.24. The summed E-state index contributed by atoms with van der Waals surface area (Å²) in [6, 6.07) is 13.2. The van der Waals surface area contributed by atoms with Crippen molar-refractivity contribution in [3.05, 3.63) is 59.7 Å². The first-order chi connectivity index (χ1) is 13.0. The van der Waals surface area contributed by atoms with Gasteiger partial charge in [0.15, 0.2) is 0 Å². The lowest BCUT2D eigenvalue weighted by Gasteiger charge is -2.15. The lowest BCUT2D eigenvalue weighted by molar-refractivity contribution is 0.0955. The largest absolute Gasteiger partial charge is 0.497 e. The fraction of sp³-hybridized carbons (Fsp3) is 0.263. The van der Waals surface area contributed by atoms with E-state index in [0.717, 1.165) is 24.2 Å². The van der Waals surface area contributed by atoms with Crippen molar-refractivity contribution in [2.75, 3.05) is 20.2 Å². The second-order valence-corrected chi connectivity index (χ2v) is 8.05. The van der Waals surface area contributed by atoms with Gasteiger partial charge in [-0.15, -0.1) is 0 Å². The van der Waals surface area contributed by atoms with E-state index in [-0.39, 0.29) is 10.5 Å². The van der Waals surface area contributed by atoms with Crippen LogP contribution in [-0.2, 0) is 10.0 Å². The maximum atomic E-state index is 12.6. The zero-order valence-corrected chi connectivity index (χ0v) is 15.8. The molecule has 1 aliphatic rings. The molecule has 0 aromatic heterocycles. The normalized spacial score (nSPS) is 15.1. The molecule has 3 rings (SSSR count). The lowest BCUT2D eigenvalue weighted by atomic mass is 10.2. The summed E-state index contributed by atoms with van der Waals surface area (Å²) in [5.41, 5.74) is 3.45. The molecule has 8 heteroatoms. The summed E-state index contributed by atoms with van der Waals surface area (Å²) in [5.74, 6) is 0.255. The highest BCUT2D eigenvalue weighted by atomic mass is 32.2. The van der Waals surface area contributed by atoms with Crippen molar-refractivity contribution in [3.63, 3.8) is 0 Å². The van der Waals surface area contributed by atoms with Crippen LogP contribution in [0.25, 0.3) is 0 Å². The van der Waals surface area contributed by atoms with E-state index in [1.165, 1.54) is 22.7 Å². The van der Waals surface area contributed by atoms with Crippen LogP contribution in [0.4, 0.5) is 0 Å². The van der Waals surface area contributed by atoms with Crippen LogP contribution in [-0.4, -0.2) is 45.0 Å².